The minimum Gasteiger partial charge on any atom is -0.408 e. The average molecular weight is 898 g/mol. The predicted molar refractivity (Wildman–Crippen MR) is 228 cm³/mol. The number of ether oxygens (including phenoxy) is 3. The third-order valence-electron chi connectivity index (χ3n) is 11.8. The van der Waals surface area contributed by atoms with Gasteiger partial charge < -0.3 is 28.1 Å². The lowest BCUT2D eigenvalue weighted by Gasteiger charge is -2.39. The Balaban J connectivity index is 1.18. The molecule has 12 bridgehead atoms. The van der Waals surface area contributed by atoms with Crippen LogP contribution in [-0.2, 0) is 41.4 Å². The van der Waals surface area contributed by atoms with Crippen molar-refractivity contribution in [1.29, 1.82) is 0 Å². The van der Waals surface area contributed by atoms with Gasteiger partial charge in [-0.25, -0.2) is 38.7 Å². The number of hydrogen-bond acceptors (Lipinski definition) is 13. The molecule has 8 rings (SSSR count). The molecule has 0 radical (unpaired) electrons. The minimum atomic E-state index is -3.81. The molecule has 1 aromatic carbocycles. The van der Waals surface area contributed by atoms with Gasteiger partial charge in [-0.1, -0.05) is 58.0 Å². The normalized spacial score (nSPS) is 29.9. The van der Waals surface area contributed by atoms with Crippen LogP contribution in [0.1, 0.15) is 69.0 Å². The first-order valence-electron chi connectivity index (χ1n) is 20.3. The number of benzene rings is 1. The number of carbonyl (C=O) groups is 1. The van der Waals surface area contributed by atoms with Gasteiger partial charge >= 0.3 is 0 Å². The van der Waals surface area contributed by atoms with Gasteiger partial charge in [0.15, 0.2) is 55.7 Å². The SMILES string of the molecule is CC[C@H]1OC2[C@H](F)[C@@H]1OP(O)(=S)COC[C@H]1OC([C@H](F)[C@@H]1O[Si](C)(C)C(C)(C)C)n1cnc3c(ncnc31)N(C(=O)c1ccccc1)C/C=C/CCc1ncnc3c1ncn32. The first-order valence-corrected chi connectivity index (χ1v) is 26.1. The average Bonchev–Trinajstić information content (AvgIpc) is 4.00. The minimum absolute atomic E-state index is 0.116. The summed E-state index contributed by atoms with van der Waals surface area (Å²) in [5.74, 6) is -0.109. The highest BCUT2D eigenvalue weighted by Gasteiger charge is 2.52. The zero-order valence-electron chi connectivity index (χ0n) is 34.7. The number of rotatable bonds is 4. The molecule has 2 saturated heterocycles. The van der Waals surface area contributed by atoms with Crippen molar-refractivity contribution in [3.63, 3.8) is 0 Å². The molecule has 0 aliphatic carbocycles. The van der Waals surface area contributed by atoms with E-state index in [4.69, 9.17) is 35.0 Å². The lowest BCUT2D eigenvalue weighted by atomic mass is 10.1. The van der Waals surface area contributed by atoms with Gasteiger partial charge in [0, 0.05) is 12.1 Å². The topological polar surface area (TPSA) is 174 Å². The molecule has 0 saturated carbocycles. The van der Waals surface area contributed by atoms with E-state index in [0.717, 1.165) is 0 Å². The Labute approximate surface area is 358 Å². The maximum absolute atomic E-state index is 17.0. The van der Waals surface area contributed by atoms with Crippen LogP contribution in [0.15, 0.2) is 67.8 Å². The Morgan fingerprint density at radius 1 is 0.951 bits per heavy atom. The van der Waals surface area contributed by atoms with Crippen molar-refractivity contribution in [1.82, 2.24) is 39.0 Å². The van der Waals surface area contributed by atoms with Crippen molar-refractivity contribution in [2.75, 3.05) is 24.4 Å². The Kier molecular flexibility index (Phi) is 12.4. The molecule has 1 N–H and O–H groups in total. The number of amides is 1. The summed E-state index contributed by atoms with van der Waals surface area (Å²) < 4.78 is 67.7. The summed E-state index contributed by atoms with van der Waals surface area (Å²) >= 11 is 5.52. The number of aromatic nitrogens is 8. The Morgan fingerprint density at radius 3 is 2.33 bits per heavy atom. The van der Waals surface area contributed by atoms with E-state index in [9.17, 15) is 9.69 Å². The Hall–Kier alpha value is -3.98. The van der Waals surface area contributed by atoms with Crippen LogP contribution in [-0.4, -0.2) is 114 Å². The van der Waals surface area contributed by atoms with E-state index in [1.807, 2.05) is 38.2 Å². The highest BCUT2D eigenvalue weighted by atomic mass is 32.5. The maximum Gasteiger partial charge on any atom is 0.259 e. The van der Waals surface area contributed by atoms with E-state index in [-0.39, 0.29) is 41.1 Å². The van der Waals surface area contributed by atoms with Crippen LogP contribution in [0.2, 0.25) is 18.1 Å². The van der Waals surface area contributed by atoms with Crippen LogP contribution in [0, 0.1) is 0 Å². The highest BCUT2D eigenvalue weighted by molar-refractivity contribution is 8.09. The third kappa shape index (κ3) is 8.58. The molecule has 21 heteroatoms. The van der Waals surface area contributed by atoms with Gasteiger partial charge in [-0.05, 0) is 61.3 Å². The molecule has 4 aromatic heterocycles. The van der Waals surface area contributed by atoms with Crippen LogP contribution in [0.4, 0.5) is 14.6 Å². The summed E-state index contributed by atoms with van der Waals surface area (Å²) in [6, 6.07) is 8.80. The van der Waals surface area contributed by atoms with Crippen LogP contribution in [0.3, 0.4) is 0 Å². The van der Waals surface area contributed by atoms with Crippen molar-refractivity contribution in [3.8, 4) is 0 Å². The largest absolute Gasteiger partial charge is 0.408 e. The molecule has 3 aliphatic heterocycles. The second kappa shape index (κ2) is 17.3. The van der Waals surface area contributed by atoms with E-state index in [1.165, 1.54) is 39.3 Å². The lowest BCUT2D eigenvalue weighted by Crippen LogP contribution is -2.49. The fraction of sp³-hybridized carbons (Fsp3) is 0.525. The molecule has 1 amide bonds. The molecular weight excluding hydrogens is 848 g/mol. The van der Waals surface area contributed by atoms with Crippen molar-refractivity contribution in [2.45, 2.75) is 114 Å². The molecule has 16 nitrogen and oxygen atoms in total. The van der Waals surface area contributed by atoms with Gasteiger partial charge in [0.05, 0.1) is 31.1 Å². The molecular formula is C40H50F2N9O7PSSi. The monoisotopic (exact) mass is 897 g/mol. The maximum atomic E-state index is 17.0. The molecule has 5 aromatic rings. The second-order valence-electron chi connectivity index (χ2n) is 16.9. The van der Waals surface area contributed by atoms with E-state index >= 15 is 8.78 Å². The number of hydrogen-bond donors (Lipinski definition) is 1. The second-order valence-corrected chi connectivity index (χ2v) is 25.1. The summed E-state index contributed by atoms with van der Waals surface area (Å²) in [5, 5.41) is -0.278. The number of fused-ring (bicyclic) bond motifs is 6. The number of halogens is 2. The lowest BCUT2D eigenvalue weighted by molar-refractivity contribution is -0.0570. The molecule has 326 valence electrons. The smallest absolute Gasteiger partial charge is 0.259 e. The van der Waals surface area contributed by atoms with E-state index < -0.39 is 70.4 Å². The zero-order valence-corrected chi connectivity index (χ0v) is 37.5. The van der Waals surface area contributed by atoms with Gasteiger partial charge in [0.25, 0.3) is 5.91 Å². The summed E-state index contributed by atoms with van der Waals surface area (Å²) in [6.07, 6.45) is 0.234. The van der Waals surface area contributed by atoms with E-state index in [0.29, 0.717) is 41.7 Å². The number of carbonyl (C=O) groups excluding carboxylic acids is 1. The number of anilines is 1. The van der Waals surface area contributed by atoms with E-state index in [2.05, 4.69) is 50.7 Å². The summed E-state index contributed by atoms with van der Waals surface area (Å²) in [5.41, 5.74) is 2.42. The molecule has 61 heavy (non-hydrogen) atoms. The van der Waals surface area contributed by atoms with Gasteiger partial charge in [-0.3, -0.25) is 18.8 Å². The van der Waals surface area contributed by atoms with Gasteiger partial charge in [-0.2, -0.15) is 0 Å². The molecule has 9 atom stereocenters. The summed E-state index contributed by atoms with van der Waals surface area (Å²) in [6.45, 7) is 8.08. The van der Waals surface area contributed by atoms with Crippen LogP contribution < -0.4 is 4.90 Å². The van der Waals surface area contributed by atoms with Crippen LogP contribution in [0.5, 0.6) is 0 Å². The van der Waals surface area contributed by atoms with Gasteiger partial charge in [-0.15, -0.1) is 0 Å². The first-order chi connectivity index (χ1) is 29.1. The Bertz CT molecular complexity index is 2460. The third-order valence-corrected chi connectivity index (χ3v) is 18.0. The summed E-state index contributed by atoms with van der Waals surface area (Å²) in [7, 11) is -2.60. The van der Waals surface area contributed by atoms with Crippen molar-refractivity contribution < 1.29 is 41.6 Å². The quantitative estimate of drug-likeness (QED) is 0.114. The van der Waals surface area contributed by atoms with Crippen molar-refractivity contribution in [2.24, 2.45) is 0 Å². The van der Waals surface area contributed by atoms with E-state index in [1.54, 1.807) is 24.3 Å². The molecule has 2 fully saturated rings. The highest BCUT2D eigenvalue weighted by Crippen LogP contribution is 2.50. The first kappa shape index (κ1) is 43.7. The van der Waals surface area contributed by atoms with Crippen molar-refractivity contribution in [3.05, 3.63) is 79.1 Å². The number of alkyl halides is 2. The van der Waals surface area contributed by atoms with Gasteiger partial charge in [0.2, 0.25) is 6.49 Å². The molecule has 3 aliphatic rings. The number of imidazole rings is 2. The van der Waals surface area contributed by atoms with Crippen molar-refractivity contribution >= 4 is 60.7 Å². The molecule has 3 unspecified atom stereocenters. The fourth-order valence-corrected chi connectivity index (χ4v) is 10.5. The van der Waals surface area contributed by atoms with Crippen LogP contribution in [0.25, 0.3) is 22.3 Å². The molecule has 0 spiro atoms. The molecule has 7 heterocycles. The summed E-state index contributed by atoms with van der Waals surface area (Å²) in [4.78, 5) is 54.2. The number of allylic oxidation sites excluding steroid dienone is 1. The van der Waals surface area contributed by atoms with Gasteiger partial charge in [0.1, 0.15) is 42.8 Å². The standard InChI is InChI=1S/C40H50F2N9O7PSSi/c1-7-26-32-28(41)38(55-26)50-21-47-30-25(43-19-44-34(30)50)16-12-9-13-17-49(37(52)24-14-10-8-11-15-24)35-31-36(46-20-45-35)51(22-48-31)39-29(42)33(58-61(5,6)40(2,3)4)27(56-39)18-54-23-59(53,60)57-32/h8-11,13-15,19-22,26-29,32-33,38-39H,7,12,16-18,23H2,1-6H3,(H,53,60)/b13-9+/t26-,27-,28-,29-,32-,33-,38?,39?,59?/m1/s1. The number of aryl methyl sites for hydroxylation is 1. The number of nitrogens with zero attached hydrogens (tertiary/aromatic N) is 9. The fourth-order valence-electron chi connectivity index (χ4n) is 7.60. The van der Waals surface area contributed by atoms with Crippen LogP contribution >= 0.6 is 6.49 Å². The predicted octanol–water partition coefficient (Wildman–Crippen LogP) is 6.75. The Morgan fingerprint density at radius 2 is 1.62 bits per heavy atom. The zero-order chi connectivity index (χ0) is 43.3.